The molecule has 2 atom stereocenters. The van der Waals surface area contributed by atoms with Gasteiger partial charge in [0.1, 0.15) is 0 Å². The van der Waals surface area contributed by atoms with Crippen molar-refractivity contribution >= 4 is 0 Å². The summed E-state index contributed by atoms with van der Waals surface area (Å²) >= 11 is 0. The van der Waals surface area contributed by atoms with E-state index in [0.29, 0.717) is 38.5 Å². The van der Waals surface area contributed by atoms with Gasteiger partial charge in [-0.2, -0.15) is 0 Å². The Morgan fingerprint density at radius 1 is 0.944 bits per heavy atom. The Morgan fingerprint density at radius 3 is 2.11 bits per heavy atom. The zero-order chi connectivity index (χ0) is 13.2. The summed E-state index contributed by atoms with van der Waals surface area (Å²) in [7, 11) is 1.68. The molecule has 0 bridgehead atoms. The predicted octanol–water partition coefficient (Wildman–Crippen LogP) is 0.348. The molecule has 0 spiro atoms. The first-order chi connectivity index (χ1) is 8.72. The molecule has 2 unspecified atom stereocenters. The molecule has 1 fully saturated rings. The molecule has 0 amide bonds. The van der Waals surface area contributed by atoms with Crippen molar-refractivity contribution in [2.45, 2.75) is 25.9 Å². The number of hydrogen-bond donors (Lipinski definition) is 1. The topological polar surface area (TPSA) is 43.0 Å². The van der Waals surface area contributed by atoms with Gasteiger partial charge in [-0.1, -0.05) is 0 Å². The standard InChI is InChI=1S/C13H28N2O3/c1-12-10-15(11-13(2)14-12)4-5-17-8-9-18-7-6-16-3/h12-14H,4-11H2,1-3H3. The largest absolute Gasteiger partial charge is 0.382 e. The minimum absolute atomic E-state index is 0.575. The Labute approximate surface area is 111 Å². The summed E-state index contributed by atoms with van der Waals surface area (Å²) in [5.74, 6) is 0. The summed E-state index contributed by atoms with van der Waals surface area (Å²) in [5, 5.41) is 3.53. The second-order valence-electron chi connectivity index (χ2n) is 4.95. The first-order valence-electron chi connectivity index (χ1n) is 6.85. The zero-order valence-corrected chi connectivity index (χ0v) is 12.0. The van der Waals surface area contributed by atoms with Gasteiger partial charge in [-0.3, -0.25) is 4.90 Å². The summed E-state index contributed by atoms with van der Waals surface area (Å²) in [6.07, 6.45) is 0. The van der Waals surface area contributed by atoms with Gasteiger partial charge in [-0.25, -0.2) is 0 Å². The number of nitrogens with one attached hydrogen (secondary N) is 1. The van der Waals surface area contributed by atoms with Gasteiger partial charge in [0.05, 0.1) is 33.0 Å². The van der Waals surface area contributed by atoms with Gasteiger partial charge in [-0.15, -0.1) is 0 Å². The molecule has 0 aromatic carbocycles. The molecule has 1 N–H and O–H groups in total. The van der Waals surface area contributed by atoms with Crippen molar-refractivity contribution in [3.05, 3.63) is 0 Å². The maximum Gasteiger partial charge on any atom is 0.0701 e. The van der Waals surface area contributed by atoms with Crippen LogP contribution in [0.5, 0.6) is 0 Å². The third-order valence-corrected chi connectivity index (χ3v) is 2.99. The van der Waals surface area contributed by atoms with Crippen molar-refractivity contribution in [2.75, 3.05) is 59.8 Å². The van der Waals surface area contributed by atoms with E-state index < -0.39 is 0 Å². The summed E-state index contributed by atoms with van der Waals surface area (Å²) < 4.78 is 15.8. The lowest BCUT2D eigenvalue weighted by atomic mass is 10.1. The number of methoxy groups -OCH3 is 1. The van der Waals surface area contributed by atoms with E-state index in [-0.39, 0.29) is 0 Å². The highest BCUT2D eigenvalue weighted by Crippen LogP contribution is 2.03. The molecule has 1 aliphatic heterocycles. The number of piperazine rings is 1. The number of ether oxygens (including phenoxy) is 3. The highest BCUT2D eigenvalue weighted by atomic mass is 16.5. The fourth-order valence-electron chi connectivity index (χ4n) is 2.28. The van der Waals surface area contributed by atoms with Crippen LogP contribution in [0.2, 0.25) is 0 Å². The quantitative estimate of drug-likeness (QED) is 0.606. The van der Waals surface area contributed by atoms with E-state index in [1.807, 2.05) is 0 Å². The molecule has 1 heterocycles. The van der Waals surface area contributed by atoms with E-state index in [4.69, 9.17) is 14.2 Å². The molecule has 1 saturated heterocycles. The predicted molar refractivity (Wildman–Crippen MR) is 72.0 cm³/mol. The van der Waals surface area contributed by atoms with Gasteiger partial charge in [-0.05, 0) is 13.8 Å². The van der Waals surface area contributed by atoms with Crippen LogP contribution >= 0.6 is 0 Å². The van der Waals surface area contributed by atoms with Crippen molar-refractivity contribution in [3.8, 4) is 0 Å². The highest BCUT2D eigenvalue weighted by Gasteiger charge is 2.19. The van der Waals surface area contributed by atoms with Crippen molar-refractivity contribution in [2.24, 2.45) is 0 Å². The van der Waals surface area contributed by atoms with Gasteiger partial charge in [0, 0.05) is 38.8 Å². The van der Waals surface area contributed by atoms with E-state index in [1.54, 1.807) is 7.11 Å². The van der Waals surface area contributed by atoms with Crippen LogP contribution in [-0.4, -0.2) is 76.8 Å². The van der Waals surface area contributed by atoms with Crippen LogP contribution in [0.3, 0.4) is 0 Å². The van der Waals surface area contributed by atoms with Gasteiger partial charge in [0.2, 0.25) is 0 Å². The molecular weight excluding hydrogens is 232 g/mol. The second kappa shape index (κ2) is 9.69. The van der Waals surface area contributed by atoms with E-state index in [1.165, 1.54) is 0 Å². The molecule has 0 aromatic heterocycles. The van der Waals surface area contributed by atoms with E-state index in [0.717, 1.165) is 26.2 Å². The first-order valence-corrected chi connectivity index (χ1v) is 6.85. The van der Waals surface area contributed by atoms with Crippen LogP contribution in [0, 0.1) is 0 Å². The van der Waals surface area contributed by atoms with Crippen LogP contribution in [0.15, 0.2) is 0 Å². The van der Waals surface area contributed by atoms with Crippen LogP contribution in [0.25, 0.3) is 0 Å². The van der Waals surface area contributed by atoms with Crippen molar-refractivity contribution in [1.29, 1.82) is 0 Å². The lowest BCUT2D eigenvalue weighted by Crippen LogP contribution is -2.54. The summed E-state index contributed by atoms with van der Waals surface area (Å²) in [4.78, 5) is 2.46. The van der Waals surface area contributed by atoms with Crippen molar-refractivity contribution < 1.29 is 14.2 Å². The molecule has 0 radical (unpaired) electrons. The molecule has 1 aliphatic rings. The molecule has 0 aromatic rings. The summed E-state index contributed by atoms with van der Waals surface area (Å²) in [6.45, 7) is 11.1. The lowest BCUT2D eigenvalue weighted by molar-refractivity contribution is 0.0167. The van der Waals surface area contributed by atoms with Crippen LogP contribution in [0.4, 0.5) is 0 Å². The molecule has 18 heavy (non-hydrogen) atoms. The van der Waals surface area contributed by atoms with E-state index in [9.17, 15) is 0 Å². The average Bonchev–Trinajstić information content (AvgIpc) is 2.31. The van der Waals surface area contributed by atoms with Gasteiger partial charge in [0.25, 0.3) is 0 Å². The van der Waals surface area contributed by atoms with Gasteiger partial charge >= 0.3 is 0 Å². The average molecular weight is 260 g/mol. The molecule has 0 aliphatic carbocycles. The first kappa shape index (κ1) is 15.9. The molecular formula is C13H28N2O3. The Kier molecular flexibility index (Phi) is 8.54. The summed E-state index contributed by atoms with van der Waals surface area (Å²) in [5.41, 5.74) is 0. The van der Waals surface area contributed by atoms with Crippen molar-refractivity contribution in [3.63, 3.8) is 0 Å². The fraction of sp³-hybridized carbons (Fsp3) is 1.00. The Balaban J connectivity index is 1.91. The smallest absolute Gasteiger partial charge is 0.0701 e. The minimum atomic E-state index is 0.575. The maximum atomic E-state index is 5.56. The lowest BCUT2D eigenvalue weighted by Gasteiger charge is -2.36. The Hall–Kier alpha value is -0.200. The molecule has 5 heteroatoms. The van der Waals surface area contributed by atoms with E-state index >= 15 is 0 Å². The van der Waals surface area contributed by atoms with E-state index in [2.05, 4.69) is 24.1 Å². The molecule has 108 valence electrons. The number of rotatable bonds is 9. The zero-order valence-electron chi connectivity index (χ0n) is 12.0. The second-order valence-corrected chi connectivity index (χ2v) is 4.95. The fourth-order valence-corrected chi connectivity index (χ4v) is 2.28. The van der Waals surface area contributed by atoms with Gasteiger partial charge < -0.3 is 19.5 Å². The van der Waals surface area contributed by atoms with Crippen LogP contribution in [0.1, 0.15) is 13.8 Å². The molecule has 1 rings (SSSR count). The molecule has 0 saturated carbocycles. The normalized spacial score (nSPS) is 25.5. The maximum absolute atomic E-state index is 5.56. The number of hydrogen-bond acceptors (Lipinski definition) is 5. The van der Waals surface area contributed by atoms with Gasteiger partial charge in [0.15, 0.2) is 0 Å². The SMILES string of the molecule is COCCOCCOCCN1CC(C)NC(C)C1. The Bertz CT molecular complexity index is 195. The molecule has 5 nitrogen and oxygen atoms in total. The number of nitrogens with zero attached hydrogens (tertiary/aromatic N) is 1. The highest BCUT2D eigenvalue weighted by molar-refractivity contribution is 4.80. The van der Waals surface area contributed by atoms with Crippen LogP contribution in [-0.2, 0) is 14.2 Å². The monoisotopic (exact) mass is 260 g/mol. The Morgan fingerprint density at radius 2 is 1.50 bits per heavy atom. The van der Waals surface area contributed by atoms with Crippen molar-refractivity contribution in [1.82, 2.24) is 10.2 Å². The summed E-state index contributed by atoms with van der Waals surface area (Å²) in [6, 6.07) is 1.15. The van der Waals surface area contributed by atoms with Crippen LogP contribution < -0.4 is 5.32 Å². The minimum Gasteiger partial charge on any atom is -0.382 e. The third kappa shape index (κ3) is 7.28. The third-order valence-electron chi connectivity index (χ3n) is 2.99.